The Balaban J connectivity index is 1.40. The molecular weight excluding hydrogens is 306 g/mol. The summed E-state index contributed by atoms with van der Waals surface area (Å²) >= 11 is 0. The highest BCUT2D eigenvalue weighted by Crippen LogP contribution is 2.31. The van der Waals surface area contributed by atoms with Gasteiger partial charge in [-0.25, -0.2) is 4.79 Å². The molecule has 3 amide bonds. The van der Waals surface area contributed by atoms with E-state index in [0.29, 0.717) is 32.1 Å². The molecule has 1 N–H and O–H groups in total. The fraction of sp³-hybridized carbons (Fsp3) is 0.706. The van der Waals surface area contributed by atoms with Gasteiger partial charge in [-0.3, -0.25) is 9.48 Å². The van der Waals surface area contributed by atoms with Crippen LogP contribution in [0.4, 0.5) is 4.79 Å². The maximum absolute atomic E-state index is 12.4. The van der Waals surface area contributed by atoms with E-state index in [4.69, 9.17) is 0 Å². The van der Waals surface area contributed by atoms with Crippen LogP contribution in [0.1, 0.15) is 26.2 Å². The number of nitrogens with one attached hydrogen (secondary N) is 1. The van der Waals surface area contributed by atoms with Gasteiger partial charge in [0.05, 0.1) is 0 Å². The molecule has 2 fully saturated rings. The van der Waals surface area contributed by atoms with Crippen molar-refractivity contribution in [2.24, 2.45) is 11.8 Å². The second-order valence-electron chi connectivity index (χ2n) is 6.96. The lowest BCUT2D eigenvalue weighted by molar-refractivity contribution is -0.132. The maximum Gasteiger partial charge on any atom is 0.317 e. The molecule has 7 heteroatoms. The molecule has 1 aromatic rings. The predicted octanol–water partition coefficient (Wildman–Crippen LogP) is 1.17. The molecule has 1 atom stereocenters. The SMILES string of the molecule is C[C@H](CNC(=O)N1CCCN(C(=O)C2CC2)CC1)Cn1cccn1. The van der Waals surface area contributed by atoms with Crippen molar-refractivity contribution in [3.05, 3.63) is 18.5 Å². The minimum Gasteiger partial charge on any atom is -0.341 e. The molecule has 0 unspecified atom stereocenters. The zero-order valence-electron chi connectivity index (χ0n) is 14.4. The van der Waals surface area contributed by atoms with Gasteiger partial charge < -0.3 is 15.1 Å². The molecule has 2 heterocycles. The van der Waals surface area contributed by atoms with Crippen molar-refractivity contribution >= 4 is 11.9 Å². The minimum atomic E-state index is -0.0250. The van der Waals surface area contributed by atoms with Crippen molar-refractivity contribution < 1.29 is 9.59 Å². The Hall–Kier alpha value is -2.05. The van der Waals surface area contributed by atoms with Crippen LogP contribution in [0.25, 0.3) is 0 Å². The summed E-state index contributed by atoms with van der Waals surface area (Å²) in [5.41, 5.74) is 0. The van der Waals surface area contributed by atoms with Crippen LogP contribution in [-0.4, -0.2) is 64.2 Å². The average molecular weight is 333 g/mol. The first-order valence-electron chi connectivity index (χ1n) is 8.92. The highest BCUT2D eigenvalue weighted by Gasteiger charge is 2.34. The van der Waals surface area contributed by atoms with Crippen molar-refractivity contribution in [2.45, 2.75) is 32.7 Å². The second-order valence-corrected chi connectivity index (χ2v) is 6.96. The van der Waals surface area contributed by atoms with Gasteiger partial charge in [0.2, 0.25) is 5.91 Å². The van der Waals surface area contributed by atoms with Crippen molar-refractivity contribution in [2.75, 3.05) is 32.7 Å². The van der Waals surface area contributed by atoms with Gasteiger partial charge in [0.25, 0.3) is 0 Å². The van der Waals surface area contributed by atoms with E-state index in [0.717, 1.165) is 32.4 Å². The largest absolute Gasteiger partial charge is 0.341 e. The molecule has 0 spiro atoms. The van der Waals surface area contributed by atoms with Crippen LogP contribution in [0.15, 0.2) is 18.5 Å². The van der Waals surface area contributed by atoms with Crippen LogP contribution >= 0.6 is 0 Å². The van der Waals surface area contributed by atoms with E-state index >= 15 is 0 Å². The summed E-state index contributed by atoms with van der Waals surface area (Å²) in [6.45, 7) is 6.28. The summed E-state index contributed by atoms with van der Waals surface area (Å²) in [5.74, 6) is 0.854. The zero-order chi connectivity index (χ0) is 16.9. The van der Waals surface area contributed by atoms with Gasteiger partial charge in [0.15, 0.2) is 0 Å². The highest BCUT2D eigenvalue weighted by molar-refractivity contribution is 5.81. The minimum absolute atomic E-state index is 0.0250. The second kappa shape index (κ2) is 7.68. The Labute approximate surface area is 143 Å². The van der Waals surface area contributed by atoms with Gasteiger partial charge in [0, 0.05) is 57.6 Å². The smallest absolute Gasteiger partial charge is 0.317 e. The number of nitrogens with zero attached hydrogens (tertiary/aromatic N) is 4. The monoisotopic (exact) mass is 333 g/mol. The molecule has 0 aromatic carbocycles. The fourth-order valence-electron chi connectivity index (χ4n) is 3.10. The molecule has 1 saturated carbocycles. The number of aromatic nitrogens is 2. The third-order valence-corrected chi connectivity index (χ3v) is 4.68. The zero-order valence-corrected chi connectivity index (χ0v) is 14.4. The number of carbonyl (C=O) groups is 2. The molecule has 7 nitrogen and oxygen atoms in total. The van der Waals surface area contributed by atoms with E-state index in [1.165, 1.54) is 0 Å². The van der Waals surface area contributed by atoms with Gasteiger partial charge in [0.1, 0.15) is 0 Å². The van der Waals surface area contributed by atoms with Gasteiger partial charge in [-0.2, -0.15) is 5.10 Å². The maximum atomic E-state index is 12.4. The molecule has 132 valence electrons. The summed E-state index contributed by atoms with van der Waals surface area (Å²) in [6, 6.07) is 1.88. The number of hydrogen-bond acceptors (Lipinski definition) is 3. The molecule has 1 aliphatic carbocycles. The van der Waals surface area contributed by atoms with Crippen molar-refractivity contribution in [1.29, 1.82) is 0 Å². The standard InChI is InChI=1S/C17H27N5O2/c1-14(13-22-9-2-6-19-22)12-18-17(24)21-8-3-7-20(10-11-21)16(23)15-4-5-15/h2,6,9,14-15H,3-5,7-8,10-13H2,1H3,(H,18,24)/t14-/m1/s1. The Morgan fingerprint density at radius 2 is 1.96 bits per heavy atom. The predicted molar refractivity (Wildman–Crippen MR) is 90.3 cm³/mol. The molecule has 1 saturated heterocycles. The van der Waals surface area contributed by atoms with Crippen LogP contribution in [0.3, 0.4) is 0 Å². The van der Waals surface area contributed by atoms with Crippen LogP contribution in [0.2, 0.25) is 0 Å². The molecule has 1 aromatic heterocycles. The summed E-state index contributed by atoms with van der Waals surface area (Å²) < 4.78 is 1.88. The van der Waals surface area contributed by atoms with Gasteiger partial charge in [-0.15, -0.1) is 0 Å². The Morgan fingerprint density at radius 1 is 1.21 bits per heavy atom. The lowest BCUT2D eigenvalue weighted by Gasteiger charge is -2.23. The van der Waals surface area contributed by atoms with Crippen LogP contribution in [0.5, 0.6) is 0 Å². The quantitative estimate of drug-likeness (QED) is 0.879. The van der Waals surface area contributed by atoms with Gasteiger partial charge >= 0.3 is 6.03 Å². The molecule has 0 radical (unpaired) electrons. The van der Waals surface area contributed by atoms with E-state index in [-0.39, 0.29) is 17.9 Å². The number of urea groups is 1. The third-order valence-electron chi connectivity index (χ3n) is 4.68. The van der Waals surface area contributed by atoms with Crippen LogP contribution < -0.4 is 5.32 Å². The Bertz CT molecular complexity index is 555. The molecule has 0 bridgehead atoms. The first kappa shape index (κ1) is 16.8. The number of hydrogen-bond donors (Lipinski definition) is 1. The molecule has 3 rings (SSSR count). The van der Waals surface area contributed by atoms with Crippen molar-refractivity contribution in [3.63, 3.8) is 0 Å². The number of carbonyl (C=O) groups excluding carboxylic acids is 2. The van der Waals surface area contributed by atoms with Crippen molar-refractivity contribution in [1.82, 2.24) is 24.9 Å². The van der Waals surface area contributed by atoms with E-state index < -0.39 is 0 Å². The van der Waals surface area contributed by atoms with E-state index in [1.807, 2.05) is 26.7 Å². The fourth-order valence-corrected chi connectivity index (χ4v) is 3.10. The summed E-state index contributed by atoms with van der Waals surface area (Å²) in [6.07, 6.45) is 6.62. The number of rotatable bonds is 5. The molecule has 1 aliphatic heterocycles. The topological polar surface area (TPSA) is 70.5 Å². The average Bonchev–Trinajstić information content (AvgIpc) is 3.35. The first-order valence-corrected chi connectivity index (χ1v) is 8.92. The normalized spacial score (nSPS) is 19.7. The van der Waals surface area contributed by atoms with Gasteiger partial charge in [-0.05, 0) is 31.2 Å². The lowest BCUT2D eigenvalue weighted by atomic mass is 10.2. The van der Waals surface area contributed by atoms with Crippen molar-refractivity contribution in [3.8, 4) is 0 Å². The summed E-state index contributed by atoms with van der Waals surface area (Å²) in [4.78, 5) is 28.3. The van der Waals surface area contributed by atoms with E-state index in [1.54, 1.807) is 6.20 Å². The molecule has 24 heavy (non-hydrogen) atoms. The van der Waals surface area contributed by atoms with E-state index in [2.05, 4.69) is 17.3 Å². The summed E-state index contributed by atoms with van der Waals surface area (Å²) in [7, 11) is 0. The van der Waals surface area contributed by atoms with Crippen LogP contribution in [0, 0.1) is 11.8 Å². The lowest BCUT2D eigenvalue weighted by Crippen LogP contribution is -2.44. The Kier molecular flexibility index (Phi) is 5.37. The third kappa shape index (κ3) is 4.49. The first-order chi connectivity index (χ1) is 11.6. The summed E-state index contributed by atoms with van der Waals surface area (Å²) in [5, 5.41) is 7.20. The molecular formula is C17H27N5O2. The highest BCUT2D eigenvalue weighted by atomic mass is 16.2. The van der Waals surface area contributed by atoms with Gasteiger partial charge in [-0.1, -0.05) is 6.92 Å². The number of amides is 3. The van der Waals surface area contributed by atoms with Crippen LogP contribution in [-0.2, 0) is 11.3 Å². The van der Waals surface area contributed by atoms with E-state index in [9.17, 15) is 9.59 Å². The Morgan fingerprint density at radius 3 is 2.67 bits per heavy atom. The molecule has 2 aliphatic rings.